The molecule has 38 heteroatoms. The SMILES string of the molecule is CSCC[C@H](NC(=O)[C@H](Cc1ccc(O)cc1)NC(=O)[C@@H](N)[C@@H](C)O)C(=O)N[C@@H](CCC(N)=O)C(=O)N[C@@H](Cc1ccc(O)cc1)C(=O)N[C@@H](CC(C)C)C(=O)N[C@@H](CC(N)=O)C(=O)N1CCC[C@H]1C(=O)N1CCC[C@H]1C(=O)N1CCC[C@H]1C(=O)N[C@@H](Cc1ccc(O)cc1)C(=O)N[C@@H](C)C(=O)N[C@@H](CC(=O)O)C(=O)O. The molecule has 0 saturated carbocycles. The number of hydrogen-bond acceptors (Lipinski definition) is 22. The normalized spacial score (nSPS) is 18.3. The van der Waals surface area contributed by atoms with E-state index in [2.05, 4.69) is 47.9 Å². The van der Waals surface area contributed by atoms with Gasteiger partial charge in [-0.15, -0.1) is 0 Å². The molecule has 0 aromatic heterocycles. The van der Waals surface area contributed by atoms with Crippen molar-refractivity contribution in [2.75, 3.05) is 31.6 Å². The highest BCUT2D eigenvalue weighted by molar-refractivity contribution is 7.98. The van der Waals surface area contributed by atoms with Gasteiger partial charge in [-0.1, -0.05) is 50.2 Å². The van der Waals surface area contributed by atoms with Crippen LogP contribution in [0.3, 0.4) is 0 Å². The first-order valence-electron chi connectivity index (χ1n) is 36.4. The van der Waals surface area contributed by atoms with Crippen LogP contribution in [0.1, 0.15) is 121 Å². The van der Waals surface area contributed by atoms with E-state index in [-0.39, 0.29) is 106 Å². The van der Waals surface area contributed by atoms with E-state index in [1.165, 1.54) is 108 Å². The number of primary amides is 2. The van der Waals surface area contributed by atoms with E-state index in [4.69, 9.17) is 22.3 Å². The summed E-state index contributed by atoms with van der Waals surface area (Å²) >= 11 is 1.29. The molecule has 14 atom stereocenters. The maximum absolute atomic E-state index is 14.9. The molecule has 3 aliphatic heterocycles. The van der Waals surface area contributed by atoms with Crippen LogP contribution in [-0.2, 0) is 96.0 Å². The Morgan fingerprint density at radius 1 is 0.450 bits per heavy atom. The predicted octanol–water partition coefficient (Wildman–Crippen LogP) is -3.61. The van der Waals surface area contributed by atoms with Crippen LogP contribution >= 0.6 is 11.8 Å². The molecule has 0 radical (unpaired) electrons. The molecule has 3 aromatic rings. The molecule has 3 aromatic carbocycles. The standard InChI is InChI=1S/C73H101N15O22S/c1-37(2)31-48(80-67(103)50(33-41-14-20-44(91)21-15-41)81-62(98)46(24-25-57(74)93)78-63(99)47(26-30-111-5)79-66(102)51(83-69(105)60(76)39(4)89)34-42-16-22-45(92)23-17-42)65(101)84-52(35-58(75)94)70(106)87-28-7-10-55(87)72(108)88-29-8-11-56(88)71(107)86-27-6-9-54(86)68(104)82-49(32-40-12-18-43(90)19-13-40)64(100)77-38(3)61(97)85-53(73(109)110)36-59(95)96/h12-23,37-39,46-56,60,89-92H,6-11,24-36,76H2,1-5H3,(H2,74,93)(H2,75,94)(H,77,100)(H,78,99)(H,79,102)(H,80,103)(H,81,98)(H,82,104)(H,83,105)(H,84,101)(H,85,97)(H,95,96)(H,109,110)/t38-,39+,46-,47-,48-,49-,50-,51-,52-,53-,54-,55-,56-,60-/m0/s1. The summed E-state index contributed by atoms with van der Waals surface area (Å²) < 4.78 is 0. The maximum Gasteiger partial charge on any atom is 0.326 e. The number of aliphatic hydroxyl groups is 1. The van der Waals surface area contributed by atoms with Gasteiger partial charge in [0.05, 0.1) is 18.9 Å². The van der Waals surface area contributed by atoms with Crippen LogP contribution in [0, 0.1) is 5.92 Å². The summed E-state index contributed by atoms with van der Waals surface area (Å²) in [5.74, 6) is -16.5. The number of carboxylic acid groups (broad SMARTS) is 2. The van der Waals surface area contributed by atoms with Crippen molar-refractivity contribution < 1.29 is 107 Å². The number of nitrogens with one attached hydrogen (secondary N) is 9. The monoisotopic (exact) mass is 1570 g/mol. The van der Waals surface area contributed by atoms with Crippen molar-refractivity contribution in [1.82, 2.24) is 62.6 Å². The van der Waals surface area contributed by atoms with E-state index in [9.17, 15) is 102 Å². The van der Waals surface area contributed by atoms with Gasteiger partial charge < -0.3 is 110 Å². The Bertz CT molecular complexity index is 3850. The average molecular weight is 1570 g/mol. The number of carboxylic acids is 2. The molecule has 3 aliphatic rings. The highest BCUT2D eigenvalue weighted by Crippen LogP contribution is 2.30. The molecule has 6 rings (SSSR count). The zero-order valence-corrected chi connectivity index (χ0v) is 63.0. The number of phenols is 3. The molecule has 111 heavy (non-hydrogen) atoms. The molecule has 21 N–H and O–H groups in total. The van der Waals surface area contributed by atoms with Gasteiger partial charge >= 0.3 is 11.9 Å². The van der Waals surface area contributed by atoms with Gasteiger partial charge in [0.2, 0.25) is 82.7 Å². The number of nitrogens with two attached hydrogens (primary N) is 3. The Hall–Kier alpha value is -11.2. The summed E-state index contributed by atoms with van der Waals surface area (Å²) in [5.41, 5.74) is 18.4. The second kappa shape index (κ2) is 42.1. The molecule has 3 heterocycles. The van der Waals surface area contributed by atoms with Crippen LogP contribution < -0.4 is 65.1 Å². The third-order valence-corrected chi connectivity index (χ3v) is 19.6. The highest BCUT2D eigenvalue weighted by Gasteiger charge is 2.48. The lowest BCUT2D eigenvalue weighted by Gasteiger charge is -2.35. The van der Waals surface area contributed by atoms with Gasteiger partial charge in [-0.3, -0.25) is 71.9 Å². The van der Waals surface area contributed by atoms with Crippen LogP contribution in [0.2, 0.25) is 0 Å². The van der Waals surface area contributed by atoms with E-state index in [1.807, 2.05) is 0 Å². The molecular weight excluding hydrogens is 1470 g/mol. The lowest BCUT2D eigenvalue weighted by Crippen LogP contribution is -2.61. The summed E-state index contributed by atoms with van der Waals surface area (Å²) in [4.78, 5) is 224. The second-order valence-corrected chi connectivity index (χ2v) is 29.2. The van der Waals surface area contributed by atoms with Crippen LogP contribution in [0.25, 0.3) is 0 Å². The molecule has 3 fully saturated rings. The first-order chi connectivity index (χ1) is 52.4. The van der Waals surface area contributed by atoms with Gasteiger partial charge in [-0.25, -0.2) is 4.79 Å². The Balaban J connectivity index is 1.19. The third-order valence-electron chi connectivity index (χ3n) is 19.0. The van der Waals surface area contributed by atoms with Gasteiger partial charge in [0, 0.05) is 45.3 Å². The zero-order chi connectivity index (χ0) is 82.1. The van der Waals surface area contributed by atoms with Gasteiger partial charge in [0.1, 0.15) is 95.8 Å². The first kappa shape index (κ1) is 88.7. The fourth-order valence-corrected chi connectivity index (χ4v) is 13.5. The number of aliphatic carboxylic acids is 2. The first-order valence-corrected chi connectivity index (χ1v) is 37.8. The third kappa shape index (κ3) is 26.8. The Morgan fingerprint density at radius 2 is 0.829 bits per heavy atom. The number of aliphatic hydroxyl groups excluding tert-OH is 1. The largest absolute Gasteiger partial charge is 0.508 e. The highest BCUT2D eigenvalue weighted by atomic mass is 32.2. The number of thioether (sulfide) groups is 1. The second-order valence-electron chi connectivity index (χ2n) is 28.2. The van der Waals surface area contributed by atoms with Crippen molar-refractivity contribution in [1.29, 1.82) is 0 Å². The Kier molecular flexibility index (Phi) is 33.7. The quantitative estimate of drug-likeness (QED) is 0.0261. The van der Waals surface area contributed by atoms with Crippen LogP contribution in [0.15, 0.2) is 72.8 Å². The van der Waals surface area contributed by atoms with Crippen LogP contribution in [0.4, 0.5) is 0 Å². The smallest absolute Gasteiger partial charge is 0.326 e. The summed E-state index contributed by atoms with van der Waals surface area (Å²) in [6.45, 7) is 5.87. The topological polar surface area (TPSA) is 591 Å². The lowest BCUT2D eigenvalue weighted by atomic mass is 10.00. The number of nitrogens with zero attached hydrogens (tertiary/aromatic N) is 3. The minimum atomic E-state index is -1.85. The molecule has 0 aliphatic carbocycles. The van der Waals surface area contributed by atoms with Crippen LogP contribution in [-0.4, -0.2) is 256 Å². The fraction of sp³-hybridized carbons (Fsp3) is 0.534. The van der Waals surface area contributed by atoms with Gasteiger partial charge in [0.15, 0.2) is 0 Å². The number of carbonyl (C=O) groups excluding carboxylic acids is 14. The Labute approximate surface area is 643 Å². The molecule has 0 spiro atoms. The number of carbonyl (C=O) groups is 16. The summed E-state index contributed by atoms with van der Waals surface area (Å²) in [6, 6.07) is -2.57. The number of phenolic OH excluding ortho intramolecular Hbond substituents is 3. The summed E-state index contributed by atoms with van der Waals surface area (Å²) in [7, 11) is 0. The van der Waals surface area contributed by atoms with Crippen molar-refractivity contribution in [2.45, 2.75) is 209 Å². The van der Waals surface area contributed by atoms with Gasteiger partial charge in [0.25, 0.3) is 0 Å². The maximum atomic E-state index is 14.9. The predicted molar refractivity (Wildman–Crippen MR) is 397 cm³/mol. The summed E-state index contributed by atoms with van der Waals surface area (Å²) in [6.07, 6.45) is -2.13. The molecule has 0 bridgehead atoms. The molecule has 0 unspecified atom stereocenters. The fourth-order valence-electron chi connectivity index (χ4n) is 13.0. The average Bonchev–Trinajstić information content (AvgIpc) is 1.69. The minimum Gasteiger partial charge on any atom is -0.508 e. The van der Waals surface area contributed by atoms with Crippen molar-refractivity contribution in [3.63, 3.8) is 0 Å². The van der Waals surface area contributed by atoms with E-state index in [0.717, 1.165) is 4.90 Å². The molecule has 14 amide bonds. The number of hydrogen-bond donors (Lipinski definition) is 18. The van der Waals surface area contributed by atoms with Crippen molar-refractivity contribution in [2.24, 2.45) is 23.1 Å². The van der Waals surface area contributed by atoms with E-state index < -0.39 is 205 Å². The number of benzene rings is 3. The number of aromatic hydroxyl groups is 3. The molecule has 606 valence electrons. The van der Waals surface area contributed by atoms with E-state index in [0.29, 0.717) is 29.5 Å². The Morgan fingerprint density at radius 3 is 1.27 bits per heavy atom. The van der Waals surface area contributed by atoms with Gasteiger partial charge in [-0.2, -0.15) is 11.8 Å². The number of likely N-dealkylation sites (tertiary alicyclic amines) is 3. The van der Waals surface area contributed by atoms with Crippen molar-refractivity contribution >= 4 is 106 Å². The number of amides is 14. The molecular formula is C73H101N15O22S. The summed E-state index contributed by atoms with van der Waals surface area (Å²) in [5, 5.41) is 81.3. The van der Waals surface area contributed by atoms with Crippen molar-refractivity contribution in [3.05, 3.63) is 89.5 Å². The van der Waals surface area contributed by atoms with E-state index >= 15 is 0 Å². The minimum absolute atomic E-state index is 0.0354. The van der Waals surface area contributed by atoms with E-state index in [1.54, 1.807) is 20.1 Å². The zero-order valence-electron chi connectivity index (χ0n) is 62.2. The van der Waals surface area contributed by atoms with Crippen molar-refractivity contribution in [3.8, 4) is 17.2 Å². The van der Waals surface area contributed by atoms with Crippen LogP contribution in [0.5, 0.6) is 17.2 Å². The lowest BCUT2D eigenvalue weighted by molar-refractivity contribution is -0.151. The van der Waals surface area contributed by atoms with Gasteiger partial charge in [-0.05, 0) is 143 Å². The molecule has 37 nitrogen and oxygen atoms in total. The number of rotatable bonds is 41. The molecule has 3 saturated heterocycles.